The first kappa shape index (κ1) is 27.4. The Hall–Kier alpha value is -7.17. The van der Waals surface area contributed by atoms with E-state index in [4.69, 9.17) is 8.22 Å². The molecule has 55 heavy (non-hydrogen) atoms. The third-order valence-corrected chi connectivity index (χ3v) is 9.97. The van der Waals surface area contributed by atoms with Gasteiger partial charge in [0.1, 0.15) is 0 Å². The molecule has 0 atom stereocenters. The van der Waals surface area contributed by atoms with E-state index in [2.05, 4.69) is 129 Å². The first-order valence-electron chi connectivity index (χ1n) is 21.1. The number of hydrogen-bond acceptors (Lipinski definition) is 3. The molecular formula is C51H38N4. The fourth-order valence-corrected chi connectivity index (χ4v) is 7.22. The van der Waals surface area contributed by atoms with Crippen molar-refractivity contribution in [1.82, 2.24) is 20.2 Å². The standard InChI is InChI=1S/C51H38N4/c1-34-15-25-50(52-30-34)38-21-17-36(18-22-38)44-9-3-5-11-46(44)40-27-41(29-42(28-40)48-13-7-8-14-49(48)43-32-54-55-33-43)47-12-6-4-10-45(47)37-19-23-39(24-20-37)51-26-16-35(2)31-53-51/h3-33H,1-2H3,(H,54,55)/i1D3,2D3. The molecule has 3 aromatic heterocycles. The minimum Gasteiger partial charge on any atom is -0.285 e. The molecule has 262 valence electrons. The first-order chi connectivity index (χ1) is 29.5. The number of rotatable bonds is 8. The summed E-state index contributed by atoms with van der Waals surface area (Å²) >= 11 is 0. The molecule has 0 bridgehead atoms. The van der Waals surface area contributed by atoms with Crippen LogP contribution in [0, 0.1) is 13.7 Å². The molecule has 0 spiro atoms. The fourth-order valence-electron chi connectivity index (χ4n) is 7.22. The fraction of sp³-hybridized carbons (Fsp3) is 0.0392. The second-order valence-electron chi connectivity index (χ2n) is 13.4. The summed E-state index contributed by atoms with van der Waals surface area (Å²) in [7, 11) is 0. The number of benzene rings is 6. The van der Waals surface area contributed by atoms with Crippen LogP contribution in [0.3, 0.4) is 0 Å². The van der Waals surface area contributed by atoms with Crippen LogP contribution in [0.1, 0.15) is 19.4 Å². The molecule has 0 saturated heterocycles. The van der Waals surface area contributed by atoms with Crippen molar-refractivity contribution in [3.63, 3.8) is 0 Å². The minimum atomic E-state index is -2.20. The Morgan fingerprint density at radius 2 is 0.727 bits per heavy atom. The van der Waals surface area contributed by atoms with Gasteiger partial charge in [-0.15, -0.1) is 0 Å². The summed E-state index contributed by atoms with van der Waals surface area (Å²) < 4.78 is 46.2. The van der Waals surface area contributed by atoms with Crippen LogP contribution < -0.4 is 0 Å². The quantitative estimate of drug-likeness (QED) is 0.171. The van der Waals surface area contributed by atoms with E-state index in [0.29, 0.717) is 11.4 Å². The average molecular weight is 713 g/mol. The molecule has 0 radical (unpaired) electrons. The van der Waals surface area contributed by atoms with E-state index in [1.807, 2.05) is 42.7 Å². The Bertz CT molecular complexity index is 2790. The summed E-state index contributed by atoms with van der Waals surface area (Å²) in [5, 5.41) is 7.23. The first-order valence-corrected chi connectivity index (χ1v) is 18.1. The molecule has 0 amide bonds. The molecule has 9 rings (SSSR count). The van der Waals surface area contributed by atoms with Crippen molar-refractivity contribution < 1.29 is 8.22 Å². The van der Waals surface area contributed by atoms with Crippen molar-refractivity contribution in [3.8, 4) is 89.3 Å². The summed E-state index contributed by atoms with van der Waals surface area (Å²) in [6.45, 7) is -4.41. The van der Waals surface area contributed by atoms with Gasteiger partial charge in [-0.05, 0) is 116 Å². The van der Waals surface area contributed by atoms with Crippen LogP contribution in [0.2, 0.25) is 0 Å². The van der Waals surface area contributed by atoms with Crippen LogP contribution >= 0.6 is 0 Å². The van der Waals surface area contributed by atoms with E-state index in [1.54, 1.807) is 24.3 Å². The van der Waals surface area contributed by atoms with Crippen LogP contribution in [0.15, 0.2) is 189 Å². The second-order valence-corrected chi connectivity index (χ2v) is 13.4. The average Bonchev–Trinajstić information content (AvgIpc) is 3.84. The van der Waals surface area contributed by atoms with Gasteiger partial charge in [-0.3, -0.25) is 15.1 Å². The van der Waals surface area contributed by atoms with Gasteiger partial charge in [-0.2, -0.15) is 5.10 Å². The summed E-state index contributed by atoms with van der Waals surface area (Å²) in [5.41, 5.74) is 16.2. The predicted octanol–water partition coefficient (Wildman–Crippen LogP) is 13.2. The van der Waals surface area contributed by atoms with Gasteiger partial charge < -0.3 is 0 Å². The van der Waals surface area contributed by atoms with Gasteiger partial charge in [0.2, 0.25) is 0 Å². The molecule has 6 aromatic carbocycles. The molecule has 1 N–H and O–H groups in total. The van der Waals surface area contributed by atoms with Crippen molar-refractivity contribution in [2.45, 2.75) is 13.7 Å². The normalized spacial score (nSPS) is 13.2. The van der Waals surface area contributed by atoms with Crippen LogP contribution in [-0.2, 0) is 0 Å². The zero-order valence-corrected chi connectivity index (χ0v) is 29.7. The lowest BCUT2D eigenvalue weighted by Gasteiger charge is -2.18. The van der Waals surface area contributed by atoms with E-state index in [-0.39, 0.29) is 11.1 Å². The van der Waals surface area contributed by atoms with Gasteiger partial charge in [-0.1, -0.05) is 133 Å². The molecule has 0 saturated carbocycles. The number of H-pyrrole nitrogens is 1. The largest absolute Gasteiger partial charge is 0.285 e. The van der Waals surface area contributed by atoms with Gasteiger partial charge in [-0.25, -0.2) is 0 Å². The van der Waals surface area contributed by atoms with Crippen LogP contribution in [0.25, 0.3) is 89.3 Å². The maximum atomic E-state index is 7.71. The van der Waals surface area contributed by atoms with Crippen LogP contribution in [0.4, 0.5) is 0 Å². The van der Waals surface area contributed by atoms with Crippen LogP contribution in [-0.4, -0.2) is 20.2 Å². The number of nitrogens with zero attached hydrogens (tertiary/aromatic N) is 3. The van der Waals surface area contributed by atoms with Crippen molar-refractivity contribution >= 4 is 0 Å². The molecule has 4 heteroatoms. The molecule has 3 heterocycles. The van der Waals surface area contributed by atoms with E-state index in [1.165, 1.54) is 12.4 Å². The summed E-state index contributed by atoms with van der Waals surface area (Å²) in [6, 6.07) is 55.2. The smallest absolute Gasteiger partial charge is 0.0702 e. The number of aromatic amines is 1. The Balaban J connectivity index is 1.14. The Kier molecular flexibility index (Phi) is 7.33. The summed E-state index contributed by atoms with van der Waals surface area (Å²) in [6.07, 6.45) is 6.61. The SMILES string of the molecule is [2H]C([2H])([2H])c1ccc(-c2ccc(-c3ccccc3-c3cc(-c4ccccc4-c4ccc(-c5ccc(C([2H])([2H])[2H])cn5)cc4)cc(-c4ccccc4-c4cn[nH]c4)c3)cc2)nc1. The lowest BCUT2D eigenvalue weighted by atomic mass is 9.86. The molecule has 4 nitrogen and oxygen atoms in total. The highest BCUT2D eigenvalue weighted by molar-refractivity contribution is 5.94. The molecular weight excluding hydrogens is 669 g/mol. The van der Waals surface area contributed by atoms with Crippen LogP contribution in [0.5, 0.6) is 0 Å². The lowest BCUT2D eigenvalue weighted by molar-refractivity contribution is 1.09. The van der Waals surface area contributed by atoms with E-state index >= 15 is 0 Å². The summed E-state index contributed by atoms with van der Waals surface area (Å²) in [4.78, 5) is 8.91. The van der Waals surface area contributed by atoms with Gasteiger partial charge in [0.15, 0.2) is 0 Å². The zero-order chi connectivity index (χ0) is 42.1. The van der Waals surface area contributed by atoms with Crippen molar-refractivity contribution in [3.05, 3.63) is 200 Å². The Morgan fingerprint density at radius 1 is 0.364 bits per heavy atom. The minimum absolute atomic E-state index is 0.214. The third kappa shape index (κ3) is 6.90. The molecule has 0 aliphatic carbocycles. The number of pyridine rings is 2. The van der Waals surface area contributed by atoms with E-state index < -0.39 is 13.7 Å². The molecule has 0 aliphatic rings. The maximum Gasteiger partial charge on any atom is 0.0702 e. The van der Waals surface area contributed by atoms with Gasteiger partial charge in [0.05, 0.1) is 17.6 Å². The maximum absolute atomic E-state index is 7.71. The van der Waals surface area contributed by atoms with Crippen molar-refractivity contribution in [2.75, 3.05) is 0 Å². The number of aromatic nitrogens is 4. The third-order valence-electron chi connectivity index (χ3n) is 9.97. The van der Waals surface area contributed by atoms with Crippen molar-refractivity contribution in [2.24, 2.45) is 0 Å². The zero-order valence-electron chi connectivity index (χ0n) is 35.7. The molecule has 0 fully saturated rings. The summed E-state index contributed by atoms with van der Waals surface area (Å²) in [5.74, 6) is 0. The Labute approximate surface area is 330 Å². The Morgan fingerprint density at radius 3 is 1.05 bits per heavy atom. The van der Waals surface area contributed by atoms with E-state index in [0.717, 1.165) is 77.9 Å². The highest BCUT2D eigenvalue weighted by atomic mass is 15.1. The van der Waals surface area contributed by atoms with Gasteiger partial charge in [0.25, 0.3) is 0 Å². The lowest BCUT2D eigenvalue weighted by Crippen LogP contribution is -1.92. The van der Waals surface area contributed by atoms with Gasteiger partial charge in [0, 0.05) is 43.5 Å². The number of nitrogens with one attached hydrogen (secondary N) is 1. The molecule has 0 aliphatic heterocycles. The number of hydrogen-bond donors (Lipinski definition) is 1. The second kappa shape index (κ2) is 14.7. The molecule has 0 unspecified atom stereocenters. The monoisotopic (exact) mass is 712 g/mol. The number of aryl methyl sites for hydroxylation is 2. The van der Waals surface area contributed by atoms with E-state index in [9.17, 15) is 0 Å². The predicted molar refractivity (Wildman–Crippen MR) is 227 cm³/mol. The highest BCUT2D eigenvalue weighted by Crippen LogP contribution is 2.42. The molecule has 9 aromatic rings. The topological polar surface area (TPSA) is 54.5 Å². The van der Waals surface area contributed by atoms with Gasteiger partial charge >= 0.3 is 0 Å². The van der Waals surface area contributed by atoms with Crippen molar-refractivity contribution in [1.29, 1.82) is 0 Å². The highest BCUT2D eigenvalue weighted by Gasteiger charge is 2.16.